The highest BCUT2D eigenvalue weighted by Crippen LogP contribution is 2.08. The minimum Gasteiger partial charge on any atom is -0.463 e. The van der Waals surface area contributed by atoms with Crippen molar-refractivity contribution in [2.75, 3.05) is 60.7 Å². The second-order valence-electron chi connectivity index (χ2n) is 9.06. The maximum atomic E-state index is 11.7. The molecule has 0 amide bonds. The Labute approximate surface area is 198 Å². The third-order valence-electron chi connectivity index (χ3n) is 4.80. The summed E-state index contributed by atoms with van der Waals surface area (Å²) in [5, 5.41) is 0. The van der Waals surface area contributed by atoms with Crippen molar-refractivity contribution < 1.29 is 23.5 Å². The molecule has 0 spiro atoms. The van der Waals surface area contributed by atoms with Gasteiger partial charge in [-0.05, 0) is 38.5 Å². The molecule has 0 aliphatic heterocycles. The Hall–Kier alpha value is -1.43. The molecule has 0 aliphatic carbocycles. The minimum atomic E-state index is -0.117. The van der Waals surface area contributed by atoms with Gasteiger partial charge in [-0.25, -0.2) is 0 Å². The molecule has 0 saturated carbocycles. The van der Waals surface area contributed by atoms with Crippen LogP contribution >= 0.6 is 0 Å². The number of allylic oxidation sites excluding steroid dienone is 6. The van der Waals surface area contributed by atoms with E-state index in [1.54, 1.807) is 0 Å². The van der Waals surface area contributed by atoms with E-state index in [4.69, 9.17) is 14.2 Å². The van der Waals surface area contributed by atoms with Crippen LogP contribution in [0.3, 0.4) is 0 Å². The number of rotatable bonds is 22. The molecular weight excluding hydrogens is 402 g/mol. The number of ether oxygens (including phenoxy) is 3. The van der Waals surface area contributed by atoms with E-state index in [9.17, 15) is 4.79 Å². The molecule has 0 aromatic carbocycles. The van der Waals surface area contributed by atoms with Crippen LogP contribution < -0.4 is 0 Å². The molecular formula is C27H50NO4+. The van der Waals surface area contributed by atoms with Gasteiger partial charge in [0.05, 0.1) is 47.6 Å². The lowest BCUT2D eigenvalue weighted by Crippen LogP contribution is -2.37. The number of hydrogen-bond donors (Lipinski definition) is 0. The Bertz CT molecular complexity index is 506. The molecule has 186 valence electrons. The van der Waals surface area contributed by atoms with E-state index in [1.165, 1.54) is 19.3 Å². The van der Waals surface area contributed by atoms with Crippen LogP contribution in [0.15, 0.2) is 36.5 Å². The number of carbonyl (C=O) groups is 1. The average molecular weight is 453 g/mol. The Morgan fingerprint density at radius 2 is 1.25 bits per heavy atom. The first kappa shape index (κ1) is 30.6. The first-order valence-corrected chi connectivity index (χ1v) is 12.5. The normalized spacial score (nSPS) is 12.5. The van der Waals surface area contributed by atoms with Crippen molar-refractivity contribution in [2.24, 2.45) is 0 Å². The summed E-state index contributed by atoms with van der Waals surface area (Å²) in [6.07, 6.45) is 23.8. The smallest absolute Gasteiger partial charge is 0.305 e. The van der Waals surface area contributed by atoms with Crippen molar-refractivity contribution in [2.45, 2.75) is 71.1 Å². The molecule has 0 rings (SSSR count). The van der Waals surface area contributed by atoms with Gasteiger partial charge in [0.1, 0.15) is 13.2 Å². The zero-order chi connectivity index (χ0) is 23.8. The number of esters is 1. The quantitative estimate of drug-likeness (QED) is 0.0893. The predicted molar refractivity (Wildman–Crippen MR) is 135 cm³/mol. The number of likely N-dealkylation sites (N-methyl/N-ethyl adjacent to an activating group) is 1. The van der Waals surface area contributed by atoms with Crippen molar-refractivity contribution in [3.05, 3.63) is 36.5 Å². The van der Waals surface area contributed by atoms with Crippen molar-refractivity contribution >= 4 is 5.97 Å². The molecule has 32 heavy (non-hydrogen) atoms. The van der Waals surface area contributed by atoms with Crippen molar-refractivity contribution in [1.82, 2.24) is 0 Å². The number of hydrogen-bond acceptors (Lipinski definition) is 4. The van der Waals surface area contributed by atoms with Gasteiger partial charge in [0.2, 0.25) is 0 Å². The summed E-state index contributed by atoms with van der Waals surface area (Å²) in [6, 6.07) is 0. The van der Waals surface area contributed by atoms with Gasteiger partial charge in [-0.1, -0.05) is 62.6 Å². The molecule has 0 aromatic rings. The summed E-state index contributed by atoms with van der Waals surface area (Å²) in [5.74, 6) is -0.117. The number of nitrogens with zero attached hydrogens (tertiary/aromatic N) is 1. The van der Waals surface area contributed by atoms with Crippen LogP contribution in [-0.4, -0.2) is 71.2 Å². The number of quaternary nitrogens is 1. The summed E-state index contributed by atoms with van der Waals surface area (Å²) in [5.41, 5.74) is 0. The van der Waals surface area contributed by atoms with Crippen LogP contribution in [0.1, 0.15) is 71.1 Å². The van der Waals surface area contributed by atoms with Gasteiger partial charge in [0.25, 0.3) is 0 Å². The zero-order valence-electron chi connectivity index (χ0n) is 21.4. The summed E-state index contributed by atoms with van der Waals surface area (Å²) >= 11 is 0. The molecule has 0 unspecified atom stereocenters. The van der Waals surface area contributed by atoms with Gasteiger partial charge >= 0.3 is 5.97 Å². The van der Waals surface area contributed by atoms with Gasteiger partial charge in [-0.3, -0.25) is 4.79 Å². The van der Waals surface area contributed by atoms with E-state index in [0.717, 1.165) is 56.2 Å². The van der Waals surface area contributed by atoms with E-state index in [1.807, 2.05) is 0 Å². The standard InChI is InChI=1S/C27H50NO4/c1-5-6-7-8-9-10-11-12-13-14-15-16-17-18-19-20-27(29)32-26-25-31-24-23-30-22-21-28(2,3)4/h6-7,9-10,12-13H,5,8,11,14-26H2,1-4H3/q+1. The predicted octanol–water partition coefficient (Wildman–Crippen LogP) is 5.86. The summed E-state index contributed by atoms with van der Waals surface area (Å²) in [4.78, 5) is 11.7. The second kappa shape index (κ2) is 22.8. The van der Waals surface area contributed by atoms with Crippen LogP contribution in [0.5, 0.6) is 0 Å². The topological polar surface area (TPSA) is 44.8 Å². The van der Waals surface area contributed by atoms with Crippen LogP contribution in [0, 0.1) is 0 Å². The zero-order valence-corrected chi connectivity index (χ0v) is 21.4. The molecule has 0 heterocycles. The van der Waals surface area contributed by atoms with Gasteiger partial charge < -0.3 is 18.7 Å². The van der Waals surface area contributed by atoms with E-state index in [2.05, 4.69) is 64.5 Å². The Morgan fingerprint density at radius 3 is 1.94 bits per heavy atom. The molecule has 0 N–H and O–H groups in total. The molecule has 0 aromatic heterocycles. The fourth-order valence-electron chi connectivity index (χ4n) is 2.84. The van der Waals surface area contributed by atoms with Crippen molar-refractivity contribution in [3.63, 3.8) is 0 Å². The lowest BCUT2D eigenvalue weighted by atomic mass is 10.1. The molecule has 0 fully saturated rings. The monoisotopic (exact) mass is 452 g/mol. The Kier molecular flexibility index (Phi) is 21.7. The summed E-state index contributed by atoms with van der Waals surface area (Å²) in [7, 11) is 6.42. The maximum Gasteiger partial charge on any atom is 0.305 e. The van der Waals surface area contributed by atoms with E-state index >= 15 is 0 Å². The molecule has 5 heteroatoms. The highest BCUT2D eigenvalue weighted by molar-refractivity contribution is 5.69. The van der Waals surface area contributed by atoms with Crippen LogP contribution in [0.25, 0.3) is 0 Å². The highest BCUT2D eigenvalue weighted by atomic mass is 16.6. The van der Waals surface area contributed by atoms with E-state index in [-0.39, 0.29) is 5.97 Å². The minimum absolute atomic E-state index is 0.117. The first-order valence-electron chi connectivity index (χ1n) is 12.5. The summed E-state index contributed by atoms with van der Waals surface area (Å²) in [6.45, 7) is 5.74. The van der Waals surface area contributed by atoms with Gasteiger partial charge in [-0.2, -0.15) is 0 Å². The number of unbranched alkanes of at least 4 members (excludes halogenated alkanes) is 5. The molecule has 0 atom stereocenters. The fourth-order valence-corrected chi connectivity index (χ4v) is 2.84. The lowest BCUT2D eigenvalue weighted by Gasteiger charge is -2.23. The molecule has 0 saturated heterocycles. The third-order valence-corrected chi connectivity index (χ3v) is 4.80. The van der Waals surface area contributed by atoms with Crippen LogP contribution in [-0.2, 0) is 19.0 Å². The largest absolute Gasteiger partial charge is 0.463 e. The molecule has 0 radical (unpaired) electrons. The third kappa shape index (κ3) is 26.6. The molecule has 0 aliphatic rings. The van der Waals surface area contributed by atoms with Crippen molar-refractivity contribution in [1.29, 1.82) is 0 Å². The average Bonchev–Trinajstić information content (AvgIpc) is 2.74. The van der Waals surface area contributed by atoms with E-state index in [0.29, 0.717) is 32.8 Å². The van der Waals surface area contributed by atoms with Crippen LogP contribution in [0.4, 0.5) is 0 Å². The molecule has 5 nitrogen and oxygen atoms in total. The second-order valence-corrected chi connectivity index (χ2v) is 9.06. The summed E-state index contributed by atoms with van der Waals surface area (Å²) < 4.78 is 17.0. The van der Waals surface area contributed by atoms with E-state index < -0.39 is 0 Å². The highest BCUT2D eigenvalue weighted by Gasteiger charge is 2.05. The fraction of sp³-hybridized carbons (Fsp3) is 0.741. The van der Waals surface area contributed by atoms with Gasteiger partial charge in [-0.15, -0.1) is 0 Å². The van der Waals surface area contributed by atoms with Crippen molar-refractivity contribution in [3.8, 4) is 0 Å². The molecule has 0 bridgehead atoms. The van der Waals surface area contributed by atoms with Gasteiger partial charge in [0.15, 0.2) is 0 Å². The first-order chi connectivity index (χ1) is 15.5. The lowest BCUT2D eigenvalue weighted by molar-refractivity contribution is -0.870. The Balaban J connectivity index is 3.31. The maximum absolute atomic E-state index is 11.7. The SMILES string of the molecule is CCC=CCC=CCC=CCCCCCCCC(=O)OCCOCCOCC[N+](C)(C)C. The van der Waals surface area contributed by atoms with Gasteiger partial charge in [0, 0.05) is 6.42 Å². The Morgan fingerprint density at radius 1 is 0.688 bits per heavy atom. The number of carbonyl (C=O) groups excluding carboxylic acids is 1. The van der Waals surface area contributed by atoms with Crippen LogP contribution in [0.2, 0.25) is 0 Å².